The molecule has 0 saturated heterocycles. The number of carbonyl (C=O) groups is 2. The number of nitrogens with one attached hydrogen (secondary N) is 2. The Morgan fingerprint density at radius 3 is 2.81 bits per heavy atom. The Morgan fingerprint density at radius 2 is 2.04 bits per heavy atom. The molecule has 2 N–H and O–H groups in total. The van der Waals surface area contributed by atoms with Crippen LogP contribution in [0.5, 0.6) is 5.75 Å². The fourth-order valence-corrected chi connectivity index (χ4v) is 3.82. The first-order valence-corrected chi connectivity index (χ1v) is 9.67. The highest BCUT2D eigenvalue weighted by Crippen LogP contribution is 2.26. The van der Waals surface area contributed by atoms with Crippen molar-refractivity contribution in [1.29, 1.82) is 0 Å². The number of aromatic nitrogens is 1. The molecule has 0 bridgehead atoms. The first-order valence-electron chi connectivity index (χ1n) is 8.79. The quantitative estimate of drug-likeness (QED) is 0.781. The highest BCUT2D eigenvalue weighted by atomic mass is 32.1. The van der Waals surface area contributed by atoms with Crippen LogP contribution in [0.15, 0.2) is 29.6 Å². The minimum Gasteiger partial charge on any atom is -0.496 e. The summed E-state index contributed by atoms with van der Waals surface area (Å²) in [7, 11) is 1.61. The first-order chi connectivity index (χ1) is 12.7. The lowest BCUT2D eigenvalue weighted by Gasteiger charge is -2.09. The predicted octanol–water partition coefficient (Wildman–Crippen LogP) is 3.14. The maximum absolute atomic E-state index is 12.2. The summed E-state index contributed by atoms with van der Waals surface area (Å²) in [6.07, 6.45) is 4.33. The van der Waals surface area contributed by atoms with Crippen molar-refractivity contribution < 1.29 is 14.3 Å². The van der Waals surface area contributed by atoms with Crippen LogP contribution in [-0.2, 0) is 22.6 Å². The molecule has 1 fully saturated rings. The number of carbonyl (C=O) groups excluding carboxylic acids is 2. The van der Waals surface area contributed by atoms with Gasteiger partial charge in [-0.3, -0.25) is 9.59 Å². The van der Waals surface area contributed by atoms with Gasteiger partial charge in [-0.25, -0.2) is 4.98 Å². The lowest BCUT2D eigenvalue weighted by Crippen LogP contribution is -2.25. The van der Waals surface area contributed by atoms with Crippen LogP contribution < -0.4 is 15.4 Å². The predicted molar refractivity (Wildman–Crippen MR) is 101 cm³/mol. The third-order valence-corrected chi connectivity index (χ3v) is 5.32. The summed E-state index contributed by atoms with van der Waals surface area (Å²) in [6, 6.07) is 7.57. The summed E-state index contributed by atoms with van der Waals surface area (Å²) in [5.74, 6) is 0.781. The topological polar surface area (TPSA) is 80.3 Å². The molecule has 138 valence electrons. The van der Waals surface area contributed by atoms with Crippen LogP contribution >= 0.6 is 11.3 Å². The second-order valence-corrected chi connectivity index (χ2v) is 7.24. The van der Waals surface area contributed by atoms with E-state index in [0.717, 1.165) is 37.0 Å². The van der Waals surface area contributed by atoms with Crippen molar-refractivity contribution in [3.05, 3.63) is 40.9 Å². The Labute approximate surface area is 157 Å². The van der Waals surface area contributed by atoms with Gasteiger partial charge in [0.05, 0.1) is 19.2 Å². The van der Waals surface area contributed by atoms with E-state index in [4.69, 9.17) is 4.74 Å². The summed E-state index contributed by atoms with van der Waals surface area (Å²) in [5, 5.41) is 8.12. The van der Waals surface area contributed by atoms with Gasteiger partial charge in [0, 0.05) is 23.4 Å². The molecule has 1 heterocycles. The SMILES string of the molecule is COc1ccccc1CNC(=O)Cc1csc(NC(=O)C2CCCC2)n1. The van der Waals surface area contributed by atoms with Gasteiger partial charge in [0.25, 0.3) is 0 Å². The van der Waals surface area contributed by atoms with E-state index < -0.39 is 0 Å². The molecule has 26 heavy (non-hydrogen) atoms. The zero-order chi connectivity index (χ0) is 18.4. The minimum atomic E-state index is -0.116. The number of hydrogen-bond donors (Lipinski definition) is 2. The zero-order valence-electron chi connectivity index (χ0n) is 14.8. The monoisotopic (exact) mass is 373 g/mol. The third-order valence-electron chi connectivity index (χ3n) is 4.52. The summed E-state index contributed by atoms with van der Waals surface area (Å²) in [4.78, 5) is 28.6. The average Bonchev–Trinajstić information content (AvgIpc) is 3.32. The first kappa shape index (κ1) is 18.4. The summed E-state index contributed by atoms with van der Waals surface area (Å²) in [6.45, 7) is 0.401. The summed E-state index contributed by atoms with van der Waals surface area (Å²) < 4.78 is 5.28. The van der Waals surface area contributed by atoms with Crippen molar-refractivity contribution in [3.8, 4) is 5.75 Å². The lowest BCUT2D eigenvalue weighted by atomic mass is 10.1. The van der Waals surface area contributed by atoms with Crippen molar-refractivity contribution in [3.63, 3.8) is 0 Å². The smallest absolute Gasteiger partial charge is 0.229 e. The molecule has 1 aliphatic carbocycles. The zero-order valence-corrected chi connectivity index (χ0v) is 15.6. The standard InChI is InChI=1S/C19H23N3O3S/c1-25-16-9-5-4-8-14(16)11-20-17(23)10-15-12-26-19(21-15)22-18(24)13-6-2-3-7-13/h4-5,8-9,12-13H,2-3,6-7,10-11H2,1H3,(H,20,23)(H,21,22,24). The molecule has 7 heteroatoms. The molecule has 0 atom stereocenters. The molecule has 1 saturated carbocycles. The number of ether oxygens (including phenoxy) is 1. The largest absolute Gasteiger partial charge is 0.496 e. The number of para-hydroxylation sites is 1. The van der Waals surface area contributed by atoms with Crippen molar-refractivity contribution in [2.24, 2.45) is 5.92 Å². The summed E-state index contributed by atoms with van der Waals surface area (Å²) in [5.41, 5.74) is 1.58. The summed E-state index contributed by atoms with van der Waals surface area (Å²) >= 11 is 1.36. The maximum Gasteiger partial charge on any atom is 0.229 e. The Bertz CT molecular complexity index is 769. The van der Waals surface area contributed by atoms with Crippen LogP contribution in [0.3, 0.4) is 0 Å². The van der Waals surface area contributed by atoms with Crippen LogP contribution in [0, 0.1) is 5.92 Å². The van der Waals surface area contributed by atoms with E-state index in [0.29, 0.717) is 17.4 Å². The molecule has 1 aromatic heterocycles. The van der Waals surface area contributed by atoms with E-state index in [1.165, 1.54) is 11.3 Å². The molecular formula is C19H23N3O3S. The highest BCUT2D eigenvalue weighted by Gasteiger charge is 2.23. The second-order valence-electron chi connectivity index (χ2n) is 6.38. The van der Waals surface area contributed by atoms with E-state index in [9.17, 15) is 9.59 Å². The number of nitrogens with zero attached hydrogens (tertiary/aromatic N) is 1. The minimum absolute atomic E-state index is 0.0454. The molecular weight excluding hydrogens is 350 g/mol. The Kier molecular flexibility index (Phi) is 6.22. The fraction of sp³-hybridized carbons (Fsp3) is 0.421. The van der Waals surface area contributed by atoms with Gasteiger partial charge in [-0.05, 0) is 18.9 Å². The average molecular weight is 373 g/mol. The van der Waals surface area contributed by atoms with Crippen LogP contribution in [0.1, 0.15) is 36.9 Å². The van der Waals surface area contributed by atoms with Crippen molar-refractivity contribution in [2.45, 2.75) is 38.6 Å². The normalized spacial score (nSPS) is 14.2. The Morgan fingerprint density at radius 1 is 1.27 bits per heavy atom. The number of thiazole rings is 1. The second kappa shape index (κ2) is 8.80. The molecule has 2 aromatic rings. The van der Waals surface area contributed by atoms with Gasteiger partial charge in [-0.2, -0.15) is 0 Å². The molecule has 0 spiro atoms. The number of amides is 2. The van der Waals surface area contributed by atoms with Crippen LogP contribution in [0.4, 0.5) is 5.13 Å². The van der Waals surface area contributed by atoms with Crippen molar-refractivity contribution in [2.75, 3.05) is 12.4 Å². The lowest BCUT2D eigenvalue weighted by molar-refractivity contribution is -0.121. The molecule has 1 aromatic carbocycles. The van der Waals surface area contributed by atoms with E-state index >= 15 is 0 Å². The van der Waals surface area contributed by atoms with E-state index in [2.05, 4.69) is 15.6 Å². The maximum atomic E-state index is 12.2. The van der Waals surface area contributed by atoms with Crippen molar-refractivity contribution >= 4 is 28.3 Å². The van der Waals surface area contributed by atoms with E-state index in [1.807, 2.05) is 29.6 Å². The van der Waals surface area contributed by atoms with Crippen molar-refractivity contribution in [1.82, 2.24) is 10.3 Å². The van der Waals surface area contributed by atoms with Gasteiger partial charge < -0.3 is 15.4 Å². The number of rotatable bonds is 7. The van der Waals surface area contributed by atoms with Gasteiger partial charge in [0.15, 0.2) is 5.13 Å². The molecule has 0 aliphatic heterocycles. The number of benzene rings is 1. The fourth-order valence-electron chi connectivity index (χ4n) is 3.11. The van der Waals surface area contributed by atoms with E-state index in [1.54, 1.807) is 7.11 Å². The van der Waals surface area contributed by atoms with Gasteiger partial charge >= 0.3 is 0 Å². The van der Waals surface area contributed by atoms with Gasteiger partial charge in [0.1, 0.15) is 5.75 Å². The third kappa shape index (κ3) is 4.82. The molecule has 1 aliphatic rings. The van der Waals surface area contributed by atoms with Crippen LogP contribution in [0.25, 0.3) is 0 Å². The highest BCUT2D eigenvalue weighted by molar-refractivity contribution is 7.13. The van der Waals surface area contributed by atoms with Crippen LogP contribution in [0.2, 0.25) is 0 Å². The Balaban J connectivity index is 1.48. The van der Waals surface area contributed by atoms with Gasteiger partial charge in [-0.1, -0.05) is 31.0 Å². The van der Waals surface area contributed by atoms with Gasteiger partial charge in [-0.15, -0.1) is 11.3 Å². The number of methoxy groups -OCH3 is 1. The Hall–Kier alpha value is -2.41. The molecule has 0 radical (unpaired) electrons. The number of anilines is 1. The number of hydrogen-bond acceptors (Lipinski definition) is 5. The molecule has 0 unspecified atom stereocenters. The molecule has 6 nitrogen and oxygen atoms in total. The molecule has 2 amide bonds. The van der Waals surface area contributed by atoms with Gasteiger partial charge in [0.2, 0.25) is 11.8 Å². The van der Waals surface area contributed by atoms with E-state index in [-0.39, 0.29) is 24.2 Å². The van der Waals surface area contributed by atoms with Crippen LogP contribution in [-0.4, -0.2) is 23.9 Å². The molecule has 3 rings (SSSR count).